The van der Waals surface area contributed by atoms with Crippen LogP contribution >= 0.6 is 22.7 Å². The molecule has 1 aromatic carbocycles. The van der Waals surface area contributed by atoms with Crippen molar-refractivity contribution in [3.05, 3.63) is 45.0 Å². The molecule has 4 heteroatoms. The lowest BCUT2D eigenvalue weighted by atomic mass is 9.96. The number of fused-ring (bicyclic) bond motifs is 2. The molecule has 0 saturated carbocycles. The number of hydrogen-bond acceptors (Lipinski definition) is 4. The second-order valence-electron chi connectivity index (χ2n) is 6.77. The van der Waals surface area contributed by atoms with Gasteiger partial charge in [0.15, 0.2) is 11.5 Å². The van der Waals surface area contributed by atoms with Gasteiger partial charge in [0.2, 0.25) is 0 Å². The maximum Gasteiger partial charge on any atom is 0.175 e. The second-order valence-corrected chi connectivity index (χ2v) is 8.59. The molecular formula is C20H22O2S2. The SMILES string of the molecule is CC(C)c1csc2cc(CC(C)c3scc4c3OCCO4)ccc12. The zero-order valence-electron chi connectivity index (χ0n) is 14.3. The van der Waals surface area contributed by atoms with Gasteiger partial charge in [0.1, 0.15) is 13.2 Å². The number of thiophene rings is 2. The summed E-state index contributed by atoms with van der Waals surface area (Å²) in [7, 11) is 0. The third-order valence-corrected chi connectivity index (χ3v) is 6.75. The molecular weight excluding hydrogens is 336 g/mol. The quantitative estimate of drug-likeness (QED) is 0.552. The monoisotopic (exact) mass is 358 g/mol. The Morgan fingerprint density at radius 1 is 1.04 bits per heavy atom. The predicted molar refractivity (Wildman–Crippen MR) is 103 cm³/mol. The molecule has 126 valence electrons. The summed E-state index contributed by atoms with van der Waals surface area (Å²) in [6.45, 7) is 8.12. The van der Waals surface area contributed by atoms with E-state index < -0.39 is 0 Å². The van der Waals surface area contributed by atoms with Crippen LogP contribution in [-0.2, 0) is 6.42 Å². The zero-order valence-corrected chi connectivity index (χ0v) is 15.9. The molecule has 0 saturated heterocycles. The Morgan fingerprint density at radius 3 is 2.71 bits per heavy atom. The fraction of sp³-hybridized carbons (Fsp3) is 0.400. The highest BCUT2D eigenvalue weighted by atomic mass is 32.1. The van der Waals surface area contributed by atoms with Gasteiger partial charge in [0, 0.05) is 10.1 Å². The Hall–Kier alpha value is -1.52. The summed E-state index contributed by atoms with van der Waals surface area (Å²) in [6.07, 6.45) is 1.03. The molecule has 0 spiro atoms. The van der Waals surface area contributed by atoms with E-state index in [4.69, 9.17) is 9.47 Å². The molecule has 0 N–H and O–H groups in total. The zero-order chi connectivity index (χ0) is 16.7. The highest BCUT2D eigenvalue weighted by molar-refractivity contribution is 7.17. The molecule has 3 aromatic rings. The van der Waals surface area contributed by atoms with E-state index in [1.165, 1.54) is 26.1 Å². The van der Waals surface area contributed by atoms with Crippen molar-refractivity contribution in [2.24, 2.45) is 0 Å². The molecule has 2 nitrogen and oxygen atoms in total. The molecule has 1 aliphatic heterocycles. The van der Waals surface area contributed by atoms with Crippen molar-refractivity contribution in [3.8, 4) is 11.5 Å². The first-order chi connectivity index (χ1) is 11.6. The summed E-state index contributed by atoms with van der Waals surface area (Å²) < 4.78 is 12.9. The number of rotatable bonds is 4. The first-order valence-corrected chi connectivity index (χ1v) is 10.3. The molecule has 1 atom stereocenters. The smallest absolute Gasteiger partial charge is 0.175 e. The highest BCUT2D eigenvalue weighted by Crippen LogP contribution is 2.44. The minimum Gasteiger partial charge on any atom is -0.485 e. The average molecular weight is 359 g/mol. The lowest BCUT2D eigenvalue weighted by Crippen LogP contribution is -2.15. The van der Waals surface area contributed by atoms with E-state index in [9.17, 15) is 0 Å². The van der Waals surface area contributed by atoms with Crippen molar-refractivity contribution in [1.29, 1.82) is 0 Å². The first kappa shape index (κ1) is 16.0. The molecule has 0 aliphatic carbocycles. The van der Waals surface area contributed by atoms with Gasteiger partial charge in [-0.25, -0.2) is 0 Å². The standard InChI is InChI=1S/C20H22O2S2/c1-12(2)16-10-23-18-9-14(4-5-15(16)18)8-13(3)20-19-17(11-24-20)21-6-7-22-19/h4-5,9-13H,6-8H2,1-3H3. The summed E-state index contributed by atoms with van der Waals surface area (Å²) in [5.41, 5.74) is 2.86. The highest BCUT2D eigenvalue weighted by Gasteiger charge is 2.22. The largest absolute Gasteiger partial charge is 0.485 e. The lowest BCUT2D eigenvalue weighted by Gasteiger charge is -2.18. The summed E-state index contributed by atoms with van der Waals surface area (Å²) in [5.74, 6) is 2.90. The molecule has 2 aromatic heterocycles. The van der Waals surface area contributed by atoms with E-state index in [0.29, 0.717) is 25.0 Å². The van der Waals surface area contributed by atoms with Gasteiger partial charge in [-0.2, -0.15) is 0 Å². The van der Waals surface area contributed by atoms with Gasteiger partial charge in [0.05, 0.1) is 4.88 Å². The van der Waals surface area contributed by atoms with Crippen LogP contribution in [0.15, 0.2) is 29.0 Å². The number of hydrogen-bond donors (Lipinski definition) is 0. The van der Waals surface area contributed by atoms with E-state index in [-0.39, 0.29) is 0 Å². The third kappa shape index (κ3) is 2.82. The maximum absolute atomic E-state index is 5.84. The van der Waals surface area contributed by atoms with Gasteiger partial charge >= 0.3 is 0 Å². The Bertz CT molecular complexity index is 860. The fourth-order valence-corrected chi connectivity index (χ4v) is 5.51. The summed E-state index contributed by atoms with van der Waals surface area (Å²) in [5, 5.41) is 5.80. The van der Waals surface area contributed by atoms with Crippen LogP contribution in [0.3, 0.4) is 0 Å². The van der Waals surface area contributed by atoms with Crippen molar-refractivity contribution in [3.63, 3.8) is 0 Å². The molecule has 24 heavy (non-hydrogen) atoms. The van der Waals surface area contributed by atoms with Crippen LogP contribution in [0.2, 0.25) is 0 Å². The van der Waals surface area contributed by atoms with E-state index in [2.05, 4.69) is 49.7 Å². The van der Waals surface area contributed by atoms with Crippen molar-refractivity contribution in [2.75, 3.05) is 13.2 Å². The van der Waals surface area contributed by atoms with E-state index >= 15 is 0 Å². The summed E-state index contributed by atoms with van der Waals surface area (Å²) in [6, 6.07) is 6.95. The molecule has 4 rings (SSSR count). The van der Waals surface area contributed by atoms with Crippen LogP contribution in [0.5, 0.6) is 11.5 Å². The van der Waals surface area contributed by atoms with Gasteiger partial charge in [-0.05, 0) is 46.2 Å². The van der Waals surface area contributed by atoms with Crippen LogP contribution in [0.4, 0.5) is 0 Å². The maximum atomic E-state index is 5.84. The average Bonchev–Trinajstić information content (AvgIpc) is 3.18. The van der Waals surface area contributed by atoms with Crippen molar-refractivity contribution in [1.82, 2.24) is 0 Å². The number of ether oxygens (including phenoxy) is 2. The summed E-state index contributed by atoms with van der Waals surface area (Å²) >= 11 is 3.62. The predicted octanol–water partition coefficient (Wildman–Crippen LogP) is 6.20. The number of benzene rings is 1. The topological polar surface area (TPSA) is 18.5 Å². The van der Waals surface area contributed by atoms with Crippen molar-refractivity contribution >= 4 is 32.8 Å². The Morgan fingerprint density at radius 2 is 1.88 bits per heavy atom. The van der Waals surface area contributed by atoms with Gasteiger partial charge in [0.25, 0.3) is 0 Å². The minimum atomic E-state index is 0.433. The van der Waals surface area contributed by atoms with Gasteiger partial charge in [-0.1, -0.05) is 32.9 Å². The molecule has 0 amide bonds. The van der Waals surface area contributed by atoms with E-state index in [1.54, 1.807) is 11.3 Å². The Balaban J connectivity index is 1.58. The van der Waals surface area contributed by atoms with E-state index in [1.807, 2.05) is 11.3 Å². The minimum absolute atomic E-state index is 0.433. The first-order valence-electron chi connectivity index (χ1n) is 8.50. The van der Waals surface area contributed by atoms with Crippen LogP contribution < -0.4 is 9.47 Å². The van der Waals surface area contributed by atoms with Gasteiger partial charge in [-0.3, -0.25) is 0 Å². The molecule has 1 aliphatic rings. The molecule has 0 fully saturated rings. The molecule has 3 heterocycles. The van der Waals surface area contributed by atoms with Crippen LogP contribution in [-0.4, -0.2) is 13.2 Å². The molecule has 1 unspecified atom stereocenters. The Labute approximate surface area is 151 Å². The van der Waals surface area contributed by atoms with Crippen LogP contribution in [0.1, 0.15) is 48.6 Å². The normalized spacial score (nSPS) is 15.2. The third-order valence-electron chi connectivity index (χ3n) is 4.61. The Kier molecular flexibility index (Phi) is 4.27. The molecule has 0 bridgehead atoms. The molecule has 0 radical (unpaired) electrons. The second kappa shape index (κ2) is 6.41. The summed E-state index contributed by atoms with van der Waals surface area (Å²) in [4.78, 5) is 1.30. The van der Waals surface area contributed by atoms with Gasteiger partial charge in [-0.15, -0.1) is 22.7 Å². The van der Waals surface area contributed by atoms with Crippen LogP contribution in [0.25, 0.3) is 10.1 Å². The lowest BCUT2D eigenvalue weighted by molar-refractivity contribution is 0.171. The van der Waals surface area contributed by atoms with Crippen LogP contribution in [0, 0.1) is 0 Å². The van der Waals surface area contributed by atoms with Gasteiger partial charge < -0.3 is 9.47 Å². The van der Waals surface area contributed by atoms with E-state index in [0.717, 1.165) is 17.9 Å². The van der Waals surface area contributed by atoms with Crippen molar-refractivity contribution in [2.45, 2.75) is 39.0 Å². The van der Waals surface area contributed by atoms with Crippen molar-refractivity contribution < 1.29 is 9.47 Å². The fourth-order valence-electron chi connectivity index (χ4n) is 3.34.